The molecule has 1 aromatic rings. The lowest BCUT2D eigenvalue weighted by Crippen LogP contribution is -2.51. The quantitative estimate of drug-likeness (QED) is 0.711. The van der Waals surface area contributed by atoms with Gasteiger partial charge in [0.15, 0.2) is 11.6 Å². The maximum atomic E-state index is 5.95. The predicted molar refractivity (Wildman–Crippen MR) is 72.5 cm³/mol. The summed E-state index contributed by atoms with van der Waals surface area (Å²) in [5, 5.41) is 0. The van der Waals surface area contributed by atoms with Gasteiger partial charge in [0, 0.05) is 19.6 Å². The summed E-state index contributed by atoms with van der Waals surface area (Å²) < 4.78 is 16.9. The highest BCUT2D eigenvalue weighted by Crippen LogP contribution is 2.39. The van der Waals surface area contributed by atoms with E-state index in [0.29, 0.717) is 13.2 Å². The zero-order chi connectivity index (χ0) is 13.4. The molecule has 1 unspecified atom stereocenters. The van der Waals surface area contributed by atoms with Crippen molar-refractivity contribution in [2.45, 2.75) is 6.04 Å². The van der Waals surface area contributed by atoms with Gasteiger partial charge in [-0.05, 0) is 0 Å². The van der Waals surface area contributed by atoms with Crippen LogP contribution in [0.5, 0.6) is 5.75 Å². The first kappa shape index (κ1) is 12.2. The van der Waals surface area contributed by atoms with Gasteiger partial charge >= 0.3 is 0 Å². The summed E-state index contributed by atoms with van der Waals surface area (Å²) in [5.74, 6) is 2.61. The molecule has 7 nitrogen and oxygen atoms in total. The fourth-order valence-electron chi connectivity index (χ4n) is 2.94. The first-order chi connectivity index (χ1) is 9.93. The molecule has 4 heterocycles. The third-order valence-electron chi connectivity index (χ3n) is 4.00. The van der Waals surface area contributed by atoms with Crippen LogP contribution in [-0.4, -0.2) is 68.7 Å². The SMILES string of the molecule is c1nc(N2CCOCC2)c2c(n1)N1CCOCC1CO2. The van der Waals surface area contributed by atoms with Crippen LogP contribution in [0.2, 0.25) is 0 Å². The summed E-state index contributed by atoms with van der Waals surface area (Å²) in [6.07, 6.45) is 1.63. The minimum atomic E-state index is 0.267. The van der Waals surface area contributed by atoms with Crippen molar-refractivity contribution in [1.82, 2.24) is 9.97 Å². The molecule has 0 radical (unpaired) electrons. The van der Waals surface area contributed by atoms with Crippen LogP contribution in [-0.2, 0) is 9.47 Å². The molecule has 1 aromatic heterocycles. The smallest absolute Gasteiger partial charge is 0.204 e. The number of anilines is 2. The number of nitrogens with zero attached hydrogens (tertiary/aromatic N) is 4. The Bertz CT molecular complexity index is 478. The number of hydrogen-bond acceptors (Lipinski definition) is 7. The summed E-state index contributed by atoms with van der Waals surface area (Å²) in [4.78, 5) is 13.4. The van der Waals surface area contributed by atoms with E-state index in [0.717, 1.165) is 56.8 Å². The average Bonchev–Trinajstić information content (AvgIpc) is 2.55. The summed E-state index contributed by atoms with van der Waals surface area (Å²) in [6, 6.07) is 0.267. The zero-order valence-corrected chi connectivity index (χ0v) is 11.3. The van der Waals surface area contributed by atoms with E-state index < -0.39 is 0 Å². The van der Waals surface area contributed by atoms with Crippen LogP contribution in [0.4, 0.5) is 11.6 Å². The molecule has 7 heteroatoms. The van der Waals surface area contributed by atoms with Crippen LogP contribution in [0, 0.1) is 0 Å². The van der Waals surface area contributed by atoms with E-state index in [1.54, 1.807) is 6.33 Å². The van der Waals surface area contributed by atoms with E-state index >= 15 is 0 Å². The van der Waals surface area contributed by atoms with E-state index in [1.165, 1.54) is 0 Å². The summed E-state index contributed by atoms with van der Waals surface area (Å²) in [6.45, 7) is 6.11. The van der Waals surface area contributed by atoms with Crippen molar-refractivity contribution in [3.63, 3.8) is 0 Å². The lowest BCUT2D eigenvalue weighted by atomic mass is 10.2. The Labute approximate surface area is 117 Å². The number of hydrogen-bond donors (Lipinski definition) is 0. The molecular formula is C13H18N4O3. The Hall–Kier alpha value is -1.60. The van der Waals surface area contributed by atoms with Crippen LogP contribution in [0.15, 0.2) is 6.33 Å². The first-order valence-electron chi connectivity index (χ1n) is 7.08. The number of aromatic nitrogens is 2. The molecule has 3 aliphatic rings. The molecule has 0 aliphatic carbocycles. The van der Waals surface area contributed by atoms with Gasteiger partial charge in [-0.25, -0.2) is 9.97 Å². The van der Waals surface area contributed by atoms with Crippen molar-refractivity contribution in [3.8, 4) is 5.75 Å². The fourth-order valence-corrected chi connectivity index (χ4v) is 2.94. The van der Waals surface area contributed by atoms with E-state index in [1.807, 2.05) is 0 Å². The topological polar surface area (TPSA) is 60.0 Å². The predicted octanol–water partition coefficient (Wildman–Crippen LogP) is -0.0892. The third kappa shape index (κ3) is 1.97. The minimum absolute atomic E-state index is 0.267. The van der Waals surface area contributed by atoms with Crippen molar-refractivity contribution in [2.24, 2.45) is 0 Å². The zero-order valence-electron chi connectivity index (χ0n) is 11.3. The molecule has 3 aliphatic heterocycles. The normalized spacial score (nSPS) is 25.7. The molecule has 0 bridgehead atoms. The Balaban J connectivity index is 1.69. The van der Waals surface area contributed by atoms with Gasteiger partial charge in [0.25, 0.3) is 0 Å². The second-order valence-corrected chi connectivity index (χ2v) is 5.18. The molecule has 0 aromatic carbocycles. The van der Waals surface area contributed by atoms with Crippen LogP contribution in [0.25, 0.3) is 0 Å². The van der Waals surface area contributed by atoms with Gasteiger partial charge in [-0.3, -0.25) is 0 Å². The van der Waals surface area contributed by atoms with Crippen molar-refractivity contribution in [2.75, 3.05) is 62.5 Å². The molecule has 0 N–H and O–H groups in total. The second kappa shape index (κ2) is 5.06. The molecule has 2 fully saturated rings. The Morgan fingerprint density at radius 1 is 0.950 bits per heavy atom. The molecule has 108 valence electrons. The van der Waals surface area contributed by atoms with Crippen LogP contribution in [0.1, 0.15) is 0 Å². The molecule has 1 atom stereocenters. The van der Waals surface area contributed by atoms with E-state index in [9.17, 15) is 0 Å². The lowest BCUT2D eigenvalue weighted by molar-refractivity contribution is 0.0695. The number of rotatable bonds is 1. The van der Waals surface area contributed by atoms with Gasteiger partial charge < -0.3 is 24.0 Å². The third-order valence-corrected chi connectivity index (χ3v) is 4.00. The van der Waals surface area contributed by atoms with Crippen molar-refractivity contribution in [1.29, 1.82) is 0 Å². The minimum Gasteiger partial charge on any atom is -0.484 e. The summed E-state index contributed by atoms with van der Waals surface area (Å²) in [5.41, 5.74) is 0. The van der Waals surface area contributed by atoms with Crippen molar-refractivity contribution in [3.05, 3.63) is 6.33 Å². The van der Waals surface area contributed by atoms with Crippen molar-refractivity contribution < 1.29 is 14.2 Å². The van der Waals surface area contributed by atoms with Gasteiger partial charge in [0.1, 0.15) is 12.9 Å². The lowest BCUT2D eigenvalue weighted by Gasteiger charge is -2.41. The Morgan fingerprint density at radius 2 is 1.75 bits per heavy atom. The maximum Gasteiger partial charge on any atom is 0.204 e. The van der Waals surface area contributed by atoms with Gasteiger partial charge in [-0.1, -0.05) is 0 Å². The fraction of sp³-hybridized carbons (Fsp3) is 0.692. The largest absolute Gasteiger partial charge is 0.484 e. The highest BCUT2D eigenvalue weighted by Gasteiger charge is 2.34. The van der Waals surface area contributed by atoms with Crippen molar-refractivity contribution >= 4 is 11.6 Å². The Kier molecular flexibility index (Phi) is 3.08. The van der Waals surface area contributed by atoms with Crippen LogP contribution < -0.4 is 14.5 Å². The van der Waals surface area contributed by atoms with Gasteiger partial charge in [0.2, 0.25) is 5.75 Å². The van der Waals surface area contributed by atoms with E-state index in [-0.39, 0.29) is 6.04 Å². The van der Waals surface area contributed by atoms with Crippen LogP contribution in [0.3, 0.4) is 0 Å². The standard InChI is InChI=1S/C13H18N4O3/c1-4-18-5-2-16(1)12-11-13(15-9-14-12)17-3-6-19-7-10(17)8-20-11/h9-10H,1-8H2. The molecule has 0 amide bonds. The number of morpholine rings is 2. The highest BCUT2D eigenvalue weighted by atomic mass is 16.5. The molecule has 0 spiro atoms. The Morgan fingerprint density at radius 3 is 2.65 bits per heavy atom. The number of fused-ring (bicyclic) bond motifs is 3. The van der Waals surface area contributed by atoms with Gasteiger partial charge in [-0.15, -0.1) is 0 Å². The molecule has 20 heavy (non-hydrogen) atoms. The van der Waals surface area contributed by atoms with E-state index in [4.69, 9.17) is 14.2 Å². The highest BCUT2D eigenvalue weighted by molar-refractivity contribution is 5.67. The van der Waals surface area contributed by atoms with E-state index in [2.05, 4.69) is 19.8 Å². The molecule has 2 saturated heterocycles. The second-order valence-electron chi connectivity index (χ2n) is 5.18. The maximum absolute atomic E-state index is 5.95. The first-order valence-corrected chi connectivity index (χ1v) is 7.08. The molecule has 0 saturated carbocycles. The van der Waals surface area contributed by atoms with Gasteiger partial charge in [-0.2, -0.15) is 0 Å². The monoisotopic (exact) mass is 278 g/mol. The molecular weight excluding hydrogens is 260 g/mol. The molecule has 4 rings (SSSR count). The van der Waals surface area contributed by atoms with Gasteiger partial charge in [0.05, 0.1) is 32.5 Å². The summed E-state index contributed by atoms with van der Waals surface area (Å²) in [7, 11) is 0. The van der Waals surface area contributed by atoms with Crippen LogP contribution >= 0.6 is 0 Å². The summed E-state index contributed by atoms with van der Waals surface area (Å²) >= 11 is 0. The average molecular weight is 278 g/mol. The number of ether oxygens (including phenoxy) is 3.